The van der Waals surface area contributed by atoms with Crippen LogP contribution in [0.25, 0.3) is 0 Å². The molecule has 3 aliphatic heterocycles. The van der Waals surface area contributed by atoms with Gasteiger partial charge in [0.05, 0.1) is 5.66 Å². The number of nitrogens with one attached hydrogen (secondary N) is 2. The van der Waals surface area contributed by atoms with E-state index in [0.29, 0.717) is 5.82 Å². The number of hydrogen-bond donors (Lipinski definition) is 2. The van der Waals surface area contributed by atoms with Crippen molar-refractivity contribution in [2.45, 2.75) is 61.6 Å². The van der Waals surface area contributed by atoms with Gasteiger partial charge in [-0.2, -0.15) is 5.21 Å². The third-order valence-corrected chi connectivity index (χ3v) is 8.20. The van der Waals surface area contributed by atoms with Gasteiger partial charge in [-0.25, -0.2) is 0 Å². The van der Waals surface area contributed by atoms with Crippen LogP contribution in [0, 0.1) is 0 Å². The van der Waals surface area contributed by atoms with Crippen LogP contribution in [-0.2, 0) is 9.59 Å². The Balaban J connectivity index is 1.47. The number of thiophene rings is 1. The molecule has 148 valence electrons. The molecule has 5 rings (SSSR count). The summed E-state index contributed by atoms with van der Waals surface area (Å²) in [7, 11) is 0. The van der Waals surface area contributed by atoms with E-state index in [1.54, 1.807) is 28.0 Å². The normalized spacial score (nSPS) is 33.3. The van der Waals surface area contributed by atoms with E-state index in [9.17, 15) is 9.59 Å². The van der Waals surface area contributed by atoms with Crippen molar-refractivity contribution in [1.29, 1.82) is 0 Å². The maximum absolute atomic E-state index is 13.3. The molecule has 0 aliphatic carbocycles. The predicted molar refractivity (Wildman–Crippen MR) is 104 cm³/mol. The highest BCUT2D eigenvalue weighted by Gasteiger charge is 2.67. The number of hydrogen-bond acceptors (Lipinski definition) is 8. The molecule has 9 nitrogen and oxygen atoms in total. The molecular formula is C17H21N7O2S2. The largest absolute Gasteiger partial charge is 0.314 e. The summed E-state index contributed by atoms with van der Waals surface area (Å²) in [6.07, 6.45) is 0. The Kier molecular flexibility index (Phi) is 3.72. The molecule has 2 N–H and O–H groups in total. The summed E-state index contributed by atoms with van der Waals surface area (Å²) in [5.74, 6) is 0.396. The molecule has 0 saturated carbocycles. The first-order valence-corrected chi connectivity index (χ1v) is 10.9. The monoisotopic (exact) mass is 419 g/mol. The number of aromatic nitrogens is 4. The molecule has 4 atom stereocenters. The van der Waals surface area contributed by atoms with Crippen LogP contribution >= 0.6 is 23.1 Å². The molecule has 0 bridgehead atoms. The lowest BCUT2D eigenvalue weighted by atomic mass is 9.93. The number of thioether (sulfide) groups is 1. The highest BCUT2D eigenvalue weighted by atomic mass is 32.2. The predicted octanol–water partition coefficient (Wildman–Crippen LogP) is 1.27. The Morgan fingerprint density at radius 2 is 1.96 bits per heavy atom. The van der Waals surface area contributed by atoms with Crippen molar-refractivity contribution >= 4 is 34.9 Å². The van der Waals surface area contributed by atoms with E-state index in [0.717, 1.165) is 4.88 Å². The Bertz CT molecular complexity index is 927. The van der Waals surface area contributed by atoms with E-state index in [1.165, 1.54) is 0 Å². The third kappa shape index (κ3) is 2.32. The maximum atomic E-state index is 13.3. The summed E-state index contributed by atoms with van der Waals surface area (Å²) in [6.45, 7) is 8.06. The minimum absolute atomic E-state index is 0.0492. The molecule has 2 aromatic rings. The zero-order valence-corrected chi connectivity index (χ0v) is 17.5. The minimum Gasteiger partial charge on any atom is -0.314 e. The van der Waals surface area contributed by atoms with Crippen LogP contribution in [0.3, 0.4) is 0 Å². The lowest BCUT2D eigenvalue weighted by molar-refractivity contribution is -0.165. The lowest BCUT2D eigenvalue weighted by Crippen LogP contribution is -2.71. The van der Waals surface area contributed by atoms with Crippen LogP contribution in [0.15, 0.2) is 17.5 Å². The van der Waals surface area contributed by atoms with Crippen molar-refractivity contribution in [2.24, 2.45) is 0 Å². The van der Waals surface area contributed by atoms with E-state index in [1.807, 2.05) is 36.3 Å². The first-order valence-electron chi connectivity index (χ1n) is 9.10. The molecule has 0 radical (unpaired) electrons. The quantitative estimate of drug-likeness (QED) is 0.722. The number of H-pyrrole nitrogens is 1. The Morgan fingerprint density at radius 3 is 2.61 bits per heavy atom. The third-order valence-electron chi connectivity index (χ3n) is 5.71. The second-order valence-electron chi connectivity index (χ2n) is 8.33. The van der Waals surface area contributed by atoms with Crippen molar-refractivity contribution in [1.82, 2.24) is 35.7 Å². The minimum atomic E-state index is -0.618. The second-order valence-corrected chi connectivity index (χ2v) is 11.1. The van der Waals surface area contributed by atoms with Crippen LogP contribution in [-0.4, -0.2) is 64.1 Å². The van der Waals surface area contributed by atoms with Gasteiger partial charge in [0.2, 0.25) is 11.8 Å². The van der Waals surface area contributed by atoms with E-state index in [-0.39, 0.29) is 28.0 Å². The molecule has 11 heteroatoms. The van der Waals surface area contributed by atoms with E-state index < -0.39 is 17.7 Å². The summed E-state index contributed by atoms with van der Waals surface area (Å²) < 4.78 is -0.285. The zero-order chi connectivity index (χ0) is 19.8. The topological polar surface area (TPSA) is 107 Å². The van der Waals surface area contributed by atoms with Gasteiger partial charge in [-0.15, -0.1) is 33.3 Å². The number of fused-ring (bicyclic) bond motifs is 1. The van der Waals surface area contributed by atoms with E-state index in [4.69, 9.17) is 0 Å². The fourth-order valence-electron chi connectivity index (χ4n) is 4.57. The van der Waals surface area contributed by atoms with Crippen LogP contribution in [0.1, 0.15) is 50.5 Å². The molecule has 2 amide bonds. The highest BCUT2D eigenvalue weighted by Crippen LogP contribution is 2.58. The molecule has 3 fully saturated rings. The highest BCUT2D eigenvalue weighted by molar-refractivity contribution is 8.01. The van der Waals surface area contributed by atoms with Crippen molar-refractivity contribution in [3.05, 3.63) is 28.2 Å². The first-order chi connectivity index (χ1) is 13.2. The van der Waals surface area contributed by atoms with Gasteiger partial charge in [0.25, 0.3) is 0 Å². The van der Waals surface area contributed by atoms with E-state index >= 15 is 0 Å². The van der Waals surface area contributed by atoms with Crippen LogP contribution in [0.2, 0.25) is 0 Å². The van der Waals surface area contributed by atoms with Gasteiger partial charge >= 0.3 is 0 Å². The average Bonchev–Trinajstić information content (AvgIpc) is 3.38. The van der Waals surface area contributed by atoms with E-state index in [2.05, 4.69) is 39.8 Å². The number of β-lactam (4-membered cyclic amide) rings is 1. The lowest BCUT2D eigenvalue weighted by Gasteiger charge is -2.50. The van der Waals surface area contributed by atoms with Crippen LogP contribution < -0.4 is 5.32 Å². The molecule has 0 spiro atoms. The first kappa shape index (κ1) is 18.1. The Hall–Kier alpha value is -1.98. The molecular weight excluding hydrogens is 398 g/mol. The zero-order valence-electron chi connectivity index (χ0n) is 15.9. The van der Waals surface area contributed by atoms with Gasteiger partial charge in [0, 0.05) is 9.62 Å². The van der Waals surface area contributed by atoms with Gasteiger partial charge in [0.1, 0.15) is 23.5 Å². The van der Waals surface area contributed by atoms with Crippen molar-refractivity contribution < 1.29 is 9.59 Å². The van der Waals surface area contributed by atoms with Gasteiger partial charge in [-0.3, -0.25) is 14.9 Å². The van der Waals surface area contributed by atoms with Gasteiger partial charge in [0.15, 0.2) is 5.82 Å². The number of amides is 2. The second kappa shape index (κ2) is 5.77. The molecule has 3 aliphatic rings. The van der Waals surface area contributed by atoms with Gasteiger partial charge in [-0.05, 0) is 39.1 Å². The Labute approximate surface area is 170 Å². The molecule has 3 saturated heterocycles. The fourth-order valence-corrected chi connectivity index (χ4v) is 7.01. The van der Waals surface area contributed by atoms with Crippen molar-refractivity contribution in [2.75, 3.05) is 0 Å². The van der Waals surface area contributed by atoms with Crippen molar-refractivity contribution in [3.8, 4) is 0 Å². The summed E-state index contributed by atoms with van der Waals surface area (Å²) in [6, 6.07) is 2.71. The Morgan fingerprint density at radius 1 is 1.18 bits per heavy atom. The summed E-state index contributed by atoms with van der Waals surface area (Å²) in [5, 5.41) is 19.6. The van der Waals surface area contributed by atoms with Crippen molar-refractivity contribution in [3.63, 3.8) is 0 Å². The summed E-state index contributed by atoms with van der Waals surface area (Å²) in [4.78, 5) is 31.1. The summed E-state index contributed by atoms with van der Waals surface area (Å²) >= 11 is 3.23. The smallest absolute Gasteiger partial charge is 0.250 e. The molecule has 28 heavy (non-hydrogen) atoms. The average molecular weight is 420 g/mol. The number of rotatable bonds is 3. The number of carbonyl (C=O) groups excluding carboxylic acids is 2. The number of aromatic amines is 1. The standard InChI is InChI=1S/C17H21N7O2S2/c1-16(2)11(12-19-21-22-20-12)23-14(26)10(15(23)28-16)24-13(25)9(18-17(24,3)4)8-6-5-7-27-8/h5-7,9-11,15,18H,1-4H3,(H,19,20,21,22)/t9?,10?,11?,15-/m1/s1. The number of carbonyl (C=O) groups is 2. The number of nitrogens with zero attached hydrogens (tertiary/aromatic N) is 5. The molecule has 2 aromatic heterocycles. The molecule has 3 unspecified atom stereocenters. The van der Waals surface area contributed by atoms with Crippen LogP contribution in [0.4, 0.5) is 0 Å². The van der Waals surface area contributed by atoms with Gasteiger partial charge < -0.3 is 9.80 Å². The number of tetrazole rings is 1. The fraction of sp³-hybridized carbons (Fsp3) is 0.588. The molecule has 5 heterocycles. The summed E-state index contributed by atoms with van der Waals surface area (Å²) in [5.41, 5.74) is -0.618. The van der Waals surface area contributed by atoms with Crippen LogP contribution in [0.5, 0.6) is 0 Å². The maximum Gasteiger partial charge on any atom is 0.250 e. The van der Waals surface area contributed by atoms with Gasteiger partial charge in [-0.1, -0.05) is 11.3 Å². The SMILES string of the molecule is CC1(C)S[C@@H]2C(N3C(=O)C(c4cccs4)NC3(C)C)C(=O)N2C1c1nn[nH]n1. The molecule has 0 aromatic carbocycles.